The van der Waals surface area contributed by atoms with Crippen LogP contribution in [0.4, 0.5) is 0 Å². The Hall–Kier alpha value is -0.640. The van der Waals surface area contributed by atoms with Crippen LogP contribution in [-0.4, -0.2) is 22.8 Å². The zero-order valence-corrected chi connectivity index (χ0v) is 10.2. The molecule has 0 N–H and O–H groups in total. The van der Waals surface area contributed by atoms with Gasteiger partial charge >= 0.3 is 7.60 Å². The summed E-state index contributed by atoms with van der Waals surface area (Å²) in [5.41, 5.74) is 0. The summed E-state index contributed by atoms with van der Waals surface area (Å²) in [4.78, 5) is 4.05. The third-order valence-electron chi connectivity index (χ3n) is 1.90. The summed E-state index contributed by atoms with van der Waals surface area (Å²) in [6.45, 7) is 6.21. The first-order chi connectivity index (χ1) is 7.11. The van der Waals surface area contributed by atoms with Crippen LogP contribution in [0.5, 0.6) is 0 Å². The van der Waals surface area contributed by atoms with Crippen LogP contribution in [0.15, 0.2) is 12.4 Å². The molecule has 0 radical (unpaired) electrons. The molecule has 15 heavy (non-hydrogen) atoms. The second-order valence-electron chi connectivity index (χ2n) is 3.03. The molecular formula is C9H17N2O3P. The van der Waals surface area contributed by atoms with Crippen LogP contribution in [0.2, 0.25) is 0 Å². The van der Waals surface area contributed by atoms with Crippen molar-refractivity contribution in [3.05, 3.63) is 18.2 Å². The summed E-state index contributed by atoms with van der Waals surface area (Å²) in [6, 6.07) is 0. The van der Waals surface area contributed by atoms with Crippen LogP contribution in [-0.2, 0) is 19.9 Å². The molecule has 0 unspecified atom stereocenters. The number of aryl methyl sites for hydroxylation is 1. The lowest BCUT2D eigenvalue weighted by atomic mass is 10.7. The van der Waals surface area contributed by atoms with Crippen LogP contribution in [0, 0.1) is 6.92 Å². The average Bonchev–Trinajstić information content (AvgIpc) is 2.52. The van der Waals surface area contributed by atoms with E-state index in [0.29, 0.717) is 13.2 Å². The molecule has 0 aliphatic carbocycles. The largest absolute Gasteiger partial charge is 0.350 e. The molecule has 0 aromatic carbocycles. The van der Waals surface area contributed by atoms with E-state index in [1.807, 2.05) is 6.92 Å². The van der Waals surface area contributed by atoms with Gasteiger partial charge in [0.1, 0.15) is 12.1 Å². The highest BCUT2D eigenvalue weighted by molar-refractivity contribution is 7.52. The van der Waals surface area contributed by atoms with Gasteiger partial charge in [0.15, 0.2) is 0 Å². The molecule has 0 atom stereocenters. The molecule has 1 aromatic rings. The van der Waals surface area contributed by atoms with Gasteiger partial charge in [-0.25, -0.2) is 4.98 Å². The highest BCUT2D eigenvalue weighted by atomic mass is 31.2. The standard InChI is InChI=1S/C9H17N2O3P/c1-4-13-15(12,14-5-2)8-11-7-6-10-9(11)3/h6-7H,4-5,8H2,1-3H3. The number of imidazole rings is 1. The van der Waals surface area contributed by atoms with Crippen molar-refractivity contribution in [3.63, 3.8) is 0 Å². The third kappa shape index (κ3) is 3.45. The SMILES string of the molecule is CCOP(=O)(Cn1ccnc1C)OCC. The van der Waals surface area contributed by atoms with E-state index in [2.05, 4.69) is 4.98 Å². The van der Waals surface area contributed by atoms with E-state index in [1.54, 1.807) is 30.8 Å². The second-order valence-corrected chi connectivity index (χ2v) is 5.05. The lowest BCUT2D eigenvalue weighted by Gasteiger charge is -2.17. The van der Waals surface area contributed by atoms with Gasteiger partial charge in [-0.1, -0.05) is 0 Å². The molecule has 6 heteroatoms. The molecule has 0 spiro atoms. The fraction of sp³-hybridized carbons (Fsp3) is 0.667. The Morgan fingerprint density at radius 2 is 2.00 bits per heavy atom. The predicted molar refractivity (Wildman–Crippen MR) is 57.8 cm³/mol. The fourth-order valence-electron chi connectivity index (χ4n) is 1.25. The molecule has 1 heterocycles. The van der Waals surface area contributed by atoms with Gasteiger partial charge in [-0.15, -0.1) is 0 Å². The van der Waals surface area contributed by atoms with E-state index in [0.717, 1.165) is 5.82 Å². The first-order valence-corrected chi connectivity index (χ1v) is 6.70. The summed E-state index contributed by atoms with van der Waals surface area (Å²) in [7, 11) is -3.01. The van der Waals surface area contributed by atoms with Gasteiger partial charge in [0.2, 0.25) is 0 Å². The molecule has 0 saturated carbocycles. The molecule has 0 aliphatic rings. The van der Waals surface area contributed by atoms with Crippen LogP contribution < -0.4 is 0 Å². The molecule has 0 amide bonds. The van der Waals surface area contributed by atoms with Gasteiger partial charge in [0, 0.05) is 12.4 Å². The van der Waals surface area contributed by atoms with Crippen molar-refractivity contribution >= 4 is 7.60 Å². The number of hydrogen-bond acceptors (Lipinski definition) is 4. The third-order valence-corrected chi connectivity index (χ3v) is 3.86. The van der Waals surface area contributed by atoms with E-state index in [1.165, 1.54) is 0 Å². The van der Waals surface area contributed by atoms with E-state index in [-0.39, 0.29) is 6.29 Å². The number of aromatic nitrogens is 2. The van der Waals surface area contributed by atoms with E-state index in [4.69, 9.17) is 9.05 Å². The van der Waals surface area contributed by atoms with Gasteiger partial charge < -0.3 is 13.6 Å². The average molecular weight is 232 g/mol. The van der Waals surface area contributed by atoms with Crippen LogP contribution in [0.3, 0.4) is 0 Å². The minimum atomic E-state index is -3.01. The summed E-state index contributed by atoms with van der Waals surface area (Å²) in [6.07, 6.45) is 3.65. The molecular weight excluding hydrogens is 215 g/mol. The highest BCUT2D eigenvalue weighted by Crippen LogP contribution is 2.49. The zero-order chi connectivity index (χ0) is 11.3. The van der Waals surface area contributed by atoms with Gasteiger partial charge in [-0.3, -0.25) is 4.57 Å². The van der Waals surface area contributed by atoms with Crippen LogP contribution >= 0.6 is 7.60 Å². The summed E-state index contributed by atoms with van der Waals surface area (Å²) >= 11 is 0. The van der Waals surface area contributed by atoms with E-state index >= 15 is 0 Å². The monoisotopic (exact) mass is 232 g/mol. The van der Waals surface area contributed by atoms with E-state index < -0.39 is 7.60 Å². The Balaban J connectivity index is 2.75. The maximum absolute atomic E-state index is 12.1. The minimum Gasteiger partial charge on any atom is -0.323 e. The topological polar surface area (TPSA) is 53.4 Å². The molecule has 1 rings (SSSR count). The van der Waals surface area contributed by atoms with Crippen molar-refractivity contribution in [3.8, 4) is 0 Å². The number of hydrogen-bond donors (Lipinski definition) is 0. The summed E-state index contributed by atoms with van der Waals surface area (Å²) in [5.74, 6) is 0.801. The summed E-state index contributed by atoms with van der Waals surface area (Å²) in [5, 5.41) is 0. The maximum atomic E-state index is 12.1. The van der Waals surface area contributed by atoms with E-state index in [9.17, 15) is 4.57 Å². The normalized spacial score (nSPS) is 11.9. The molecule has 0 fully saturated rings. The van der Waals surface area contributed by atoms with Crippen molar-refractivity contribution in [2.24, 2.45) is 0 Å². The van der Waals surface area contributed by atoms with Gasteiger partial charge in [0.25, 0.3) is 0 Å². The molecule has 0 aliphatic heterocycles. The second kappa shape index (κ2) is 5.45. The Morgan fingerprint density at radius 1 is 1.40 bits per heavy atom. The lowest BCUT2D eigenvalue weighted by molar-refractivity contribution is 0.214. The first kappa shape index (κ1) is 12.4. The van der Waals surface area contributed by atoms with Crippen molar-refractivity contribution in [2.75, 3.05) is 13.2 Å². The first-order valence-electron chi connectivity index (χ1n) is 4.97. The zero-order valence-electron chi connectivity index (χ0n) is 9.34. The Labute approximate surface area is 89.9 Å². The smallest absolute Gasteiger partial charge is 0.323 e. The van der Waals surface area contributed by atoms with Gasteiger partial charge in [0.05, 0.1) is 13.2 Å². The predicted octanol–water partition coefficient (Wildman–Crippen LogP) is 2.42. The minimum absolute atomic E-state index is 0.223. The van der Waals surface area contributed by atoms with Crippen molar-refractivity contribution in [1.29, 1.82) is 0 Å². The van der Waals surface area contributed by atoms with Gasteiger partial charge in [-0.05, 0) is 20.8 Å². The number of nitrogens with zero attached hydrogens (tertiary/aromatic N) is 2. The van der Waals surface area contributed by atoms with Crippen molar-refractivity contribution < 1.29 is 13.6 Å². The highest BCUT2D eigenvalue weighted by Gasteiger charge is 2.24. The Morgan fingerprint density at radius 3 is 2.40 bits per heavy atom. The molecule has 86 valence electrons. The van der Waals surface area contributed by atoms with Crippen molar-refractivity contribution in [2.45, 2.75) is 27.1 Å². The van der Waals surface area contributed by atoms with Crippen LogP contribution in [0.25, 0.3) is 0 Å². The lowest BCUT2D eigenvalue weighted by Crippen LogP contribution is -2.05. The summed E-state index contributed by atoms with van der Waals surface area (Å²) < 4.78 is 24.3. The Bertz CT molecular complexity index is 341. The quantitative estimate of drug-likeness (QED) is 0.707. The van der Waals surface area contributed by atoms with Crippen molar-refractivity contribution in [1.82, 2.24) is 9.55 Å². The number of rotatable bonds is 6. The molecule has 0 saturated heterocycles. The molecule has 5 nitrogen and oxygen atoms in total. The Kier molecular flexibility index (Phi) is 4.51. The fourth-order valence-corrected chi connectivity index (χ4v) is 2.95. The van der Waals surface area contributed by atoms with Gasteiger partial charge in [-0.2, -0.15) is 0 Å². The molecule has 0 bridgehead atoms. The maximum Gasteiger partial charge on any atom is 0.350 e. The van der Waals surface area contributed by atoms with Crippen LogP contribution in [0.1, 0.15) is 19.7 Å². The molecule has 1 aromatic heterocycles.